The number of methoxy groups -OCH3 is 1. The van der Waals surface area contributed by atoms with Crippen LogP contribution in [0.2, 0.25) is 0 Å². The second kappa shape index (κ2) is 8.04. The molecule has 3 rings (SSSR count). The lowest BCUT2D eigenvalue weighted by atomic mass is 9.96. The number of nitrogens with one attached hydrogen (secondary N) is 1. The number of non-ortho nitro benzene ring substituents is 1. The maximum absolute atomic E-state index is 12.1. The van der Waals surface area contributed by atoms with Gasteiger partial charge in [0, 0.05) is 17.7 Å². The van der Waals surface area contributed by atoms with Crippen LogP contribution in [0, 0.1) is 32.8 Å². The molecule has 0 bridgehead atoms. The van der Waals surface area contributed by atoms with E-state index >= 15 is 0 Å². The summed E-state index contributed by atoms with van der Waals surface area (Å²) in [6, 6.07) is 13.7. The summed E-state index contributed by atoms with van der Waals surface area (Å²) in [6.45, 7) is 0. The number of nitriles is 2. The fourth-order valence-electron chi connectivity index (χ4n) is 2.80. The lowest BCUT2D eigenvalue weighted by molar-refractivity contribution is -0.384. The molecule has 0 aliphatic heterocycles. The van der Waals surface area contributed by atoms with Crippen molar-refractivity contribution in [3.05, 3.63) is 74.1 Å². The SMILES string of the molecule is COc1cc(-c2c(C#N)c(N)[nH]c(=O)c2C#N)ccc1Oc1ccc([N+](=O)[O-])cc1. The molecule has 0 amide bonds. The van der Waals surface area contributed by atoms with E-state index in [9.17, 15) is 25.4 Å². The summed E-state index contributed by atoms with van der Waals surface area (Å²) < 4.78 is 11.0. The zero-order valence-electron chi connectivity index (χ0n) is 15.5. The second-order valence-electron chi connectivity index (χ2n) is 5.94. The van der Waals surface area contributed by atoms with Crippen LogP contribution in [0.25, 0.3) is 11.1 Å². The highest BCUT2D eigenvalue weighted by Crippen LogP contribution is 2.37. The first-order chi connectivity index (χ1) is 14.4. The number of ether oxygens (including phenoxy) is 2. The molecule has 10 heteroatoms. The average Bonchev–Trinajstić information content (AvgIpc) is 2.74. The lowest BCUT2D eigenvalue weighted by Crippen LogP contribution is -2.16. The molecular formula is C20H13N5O5. The molecule has 0 aliphatic carbocycles. The number of nitrogen functional groups attached to an aromatic ring is 1. The van der Waals surface area contributed by atoms with Gasteiger partial charge >= 0.3 is 0 Å². The normalized spacial score (nSPS) is 9.97. The molecule has 0 saturated carbocycles. The quantitative estimate of drug-likeness (QED) is 0.484. The minimum atomic E-state index is -0.714. The third-order valence-electron chi connectivity index (χ3n) is 4.20. The van der Waals surface area contributed by atoms with Crippen molar-refractivity contribution in [2.45, 2.75) is 0 Å². The Kier molecular flexibility index (Phi) is 5.34. The van der Waals surface area contributed by atoms with Gasteiger partial charge < -0.3 is 20.2 Å². The molecular weight excluding hydrogens is 390 g/mol. The van der Waals surface area contributed by atoms with Gasteiger partial charge in [-0.3, -0.25) is 14.9 Å². The monoisotopic (exact) mass is 403 g/mol. The molecule has 3 aromatic rings. The third kappa shape index (κ3) is 3.61. The van der Waals surface area contributed by atoms with Crippen LogP contribution in [0.1, 0.15) is 11.1 Å². The van der Waals surface area contributed by atoms with Gasteiger partial charge in [-0.25, -0.2) is 0 Å². The molecule has 0 spiro atoms. The predicted octanol–water partition coefficient (Wildman–Crippen LogP) is 3.08. The molecule has 0 aliphatic rings. The van der Waals surface area contributed by atoms with Crippen molar-refractivity contribution in [3.63, 3.8) is 0 Å². The Balaban J connectivity index is 2.08. The van der Waals surface area contributed by atoms with E-state index in [0.29, 0.717) is 11.3 Å². The smallest absolute Gasteiger partial charge is 0.269 e. The summed E-state index contributed by atoms with van der Waals surface area (Å²) in [5.74, 6) is 0.714. The molecule has 0 unspecified atom stereocenters. The van der Waals surface area contributed by atoms with Crippen molar-refractivity contribution >= 4 is 11.5 Å². The number of benzene rings is 2. The molecule has 0 saturated heterocycles. The van der Waals surface area contributed by atoms with Gasteiger partial charge in [-0.05, 0) is 29.8 Å². The zero-order chi connectivity index (χ0) is 21.8. The fourth-order valence-corrected chi connectivity index (χ4v) is 2.80. The molecule has 2 aromatic carbocycles. The summed E-state index contributed by atoms with van der Waals surface area (Å²) in [5, 5.41) is 29.6. The van der Waals surface area contributed by atoms with Gasteiger partial charge in [-0.2, -0.15) is 10.5 Å². The molecule has 0 atom stereocenters. The summed E-state index contributed by atoms with van der Waals surface area (Å²) in [5.41, 5.74) is 5.08. The Morgan fingerprint density at radius 2 is 1.73 bits per heavy atom. The summed E-state index contributed by atoms with van der Waals surface area (Å²) in [6.07, 6.45) is 0. The number of nitro benzene ring substituents is 1. The molecule has 1 heterocycles. The minimum absolute atomic E-state index is 0.0442. The number of nitro groups is 1. The number of aromatic amines is 1. The molecule has 30 heavy (non-hydrogen) atoms. The summed E-state index contributed by atoms with van der Waals surface area (Å²) in [4.78, 5) is 24.6. The van der Waals surface area contributed by atoms with E-state index < -0.39 is 10.5 Å². The van der Waals surface area contributed by atoms with Crippen molar-refractivity contribution in [3.8, 4) is 40.5 Å². The molecule has 0 fully saturated rings. The maximum Gasteiger partial charge on any atom is 0.269 e. The van der Waals surface area contributed by atoms with Crippen LogP contribution in [0.5, 0.6) is 17.2 Å². The molecule has 1 aromatic heterocycles. The van der Waals surface area contributed by atoms with Gasteiger partial charge in [0.15, 0.2) is 11.5 Å². The first kappa shape index (κ1) is 19.9. The number of pyridine rings is 1. The van der Waals surface area contributed by atoms with E-state index in [1.807, 2.05) is 6.07 Å². The Morgan fingerprint density at radius 3 is 2.30 bits per heavy atom. The highest BCUT2D eigenvalue weighted by atomic mass is 16.6. The van der Waals surface area contributed by atoms with Crippen LogP contribution in [0.3, 0.4) is 0 Å². The number of H-pyrrole nitrogens is 1. The van der Waals surface area contributed by atoms with E-state index in [1.165, 1.54) is 43.5 Å². The highest BCUT2D eigenvalue weighted by molar-refractivity contribution is 5.81. The summed E-state index contributed by atoms with van der Waals surface area (Å²) >= 11 is 0. The Bertz CT molecular complexity index is 1280. The second-order valence-corrected chi connectivity index (χ2v) is 5.94. The van der Waals surface area contributed by atoms with Crippen LogP contribution in [-0.2, 0) is 0 Å². The van der Waals surface area contributed by atoms with Crippen molar-refractivity contribution in [1.82, 2.24) is 4.98 Å². The minimum Gasteiger partial charge on any atom is -0.493 e. The van der Waals surface area contributed by atoms with Crippen molar-refractivity contribution in [2.75, 3.05) is 12.8 Å². The van der Waals surface area contributed by atoms with E-state index in [-0.39, 0.29) is 39.7 Å². The van der Waals surface area contributed by atoms with Crippen LogP contribution >= 0.6 is 0 Å². The van der Waals surface area contributed by atoms with Gasteiger partial charge in [0.2, 0.25) is 0 Å². The average molecular weight is 403 g/mol. The Hall–Kier alpha value is -4.83. The first-order valence-electron chi connectivity index (χ1n) is 8.36. The number of anilines is 1. The number of rotatable bonds is 5. The van der Waals surface area contributed by atoms with Crippen molar-refractivity contribution in [1.29, 1.82) is 10.5 Å². The largest absolute Gasteiger partial charge is 0.493 e. The topological polar surface area (TPSA) is 168 Å². The number of hydrogen-bond donors (Lipinski definition) is 2. The van der Waals surface area contributed by atoms with Gasteiger partial charge in [0.1, 0.15) is 34.8 Å². The van der Waals surface area contributed by atoms with E-state index in [2.05, 4.69) is 4.98 Å². The standard InChI is InChI=1S/C20H13N5O5/c1-29-17-8-11(18-14(9-21)19(23)24-20(26)15(18)10-22)2-7-16(17)30-13-5-3-12(4-6-13)25(27)28/h2-8H,1H3,(H3,23,24,26). The lowest BCUT2D eigenvalue weighted by Gasteiger charge is -2.14. The molecule has 3 N–H and O–H groups in total. The number of aromatic nitrogens is 1. The van der Waals surface area contributed by atoms with Gasteiger partial charge in [0.25, 0.3) is 11.2 Å². The van der Waals surface area contributed by atoms with Crippen LogP contribution in [0.15, 0.2) is 47.3 Å². The van der Waals surface area contributed by atoms with E-state index in [1.54, 1.807) is 12.1 Å². The Labute approximate surface area is 169 Å². The Morgan fingerprint density at radius 1 is 1.07 bits per heavy atom. The van der Waals surface area contributed by atoms with Crippen LogP contribution in [-0.4, -0.2) is 17.0 Å². The third-order valence-corrected chi connectivity index (χ3v) is 4.20. The maximum atomic E-state index is 12.1. The van der Waals surface area contributed by atoms with Crippen LogP contribution in [0.4, 0.5) is 11.5 Å². The zero-order valence-corrected chi connectivity index (χ0v) is 15.5. The number of nitrogens with two attached hydrogens (primary N) is 1. The highest BCUT2D eigenvalue weighted by Gasteiger charge is 2.20. The van der Waals surface area contributed by atoms with E-state index in [0.717, 1.165) is 0 Å². The van der Waals surface area contributed by atoms with Crippen molar-refractivity contribution < 1.29 is 14.4 Å². The summed E-state index contributed by atoms with van der Waals surface area (Å²) in [7, 11) is 1.39. The van der Waals surface area contributed by atoms with E-state index in [4.69, 9.17) is 15.2 Å². The van der Waals surface area contributed by atoms with Gasteiger partial charge in [-0.1, -0.05) is 6.07 Å². The number of hydrogen-bond acceptors (Lipinski definition) is 8. The fraction of sp³-hybridized carbons (Fsp3) is 0.0500. The molecule has 10 nitrogen and oxygen atoms in total. The predicted molar refractivity (Wildman–Crippen MR) is 106 cm³/mol. The number of nitrogens with zero attached hydrogens (tertiary/aromatic N) is 3. The molecule has 0 radical (unpaired) electrons. The van der Waals surface area contributed by atoms with Gasteiger partial charge in [-0.15, -0.1) is 0 Å². The van der Waals surface area contributed by atoms with Gasteiger partial charge in [0.05, 0.1) is 12.0 Å². The van der Waals surface area contributed by atoms with Crippen LogP contribution < -0.4 is 20.8 Å². The molecule has 148 valence electrons. The van der Waals surface area contributed by atoms with Crippen molar-refractivity contribution in [2.24, 2.45) is 0 Å². The first-order valence-corrected chi connectivity index (χ1v) is 8.36.